The van der Waals surface area contributed by atoms with Crippen molar-refractivity contribution in [3.8, 4) is 5.75 Å². The minimum Gasteiger partial charge on any atom is -0.497 e. The molecule has 0 saturated heterocycles. The molecule has 2 N–H and O–H groups in total. The Bertz CT molecular complexity index is 560. The highest BCUT2D eigenvalue weighted by Gasteiger charge is 2.02. The Balaban J connectivity index is 1.77. The van der Waals surface area contributed by atoms with Crippen molar-refractivity contribution in [2.75, 3.05) is 19.0 Å². The van der Waals surface area contributed by atoms with E-state index in [-0.39, 0.29) is 6.03 Å². The Kier molecular flexibility index (Phi) is 4.88. The van der Waals surface area contributed by atoms with Gasteiger partial charge in [0.25, 0.3) is 0 Å². The van der Waals surface area contributed by atoms with Gasteiger partial charge in [-0.25, -0.2) is 14.8 Å². The van der Waals surface area contributed by atoms with Crippen LogP contribution in [0.15, 0.2) is 43.0 Å². The van der Waals surface area contributed by atoms with Crippen LogP contribution in [0.1, 0.15) is 5.56 Å². The number of benzene rings is 1. The van der Waals surface area contributed by atoms with E-state index in [1.54, 1.807) is 31.6 Å². The first kappa shape index (κ1) is 13.8. The van der Waals surface area contributed by atoms with Gasteiger partial charge in [-0.15, -0.1) is 0 Å². The summed E-state index contributed by atoms with van der Waals surface area (Å²) in [5.41, 5.74) is 1.67. The molecule has 0 bridgehead atoms. The summed E-state index contributed by atoms with van der Waals surface area (Å²) in [5, 5.41) is 5.51. The number of amides is 2. The summed E-state index contributed by atoms with van der Waals surface area (Å²) in [6.45, 7) is 0.517. The number of carbonyl (C=O) groups is 1. The molecule has 0 radical (unpaired) electrons. The molecule has 0 aliphatic carbocycles. The number of rotatable bonds is 5. The van der Waals surface area contributed by atoms with E-state index in [0.29, 0.717) is 24.4 Å². The Morgan fingerprint density at radius 3 is 2.85 bits per heavy atom. The average molecular weight is 272 g/mol. The smallest absolute Gasteiger partial charge is 0.319 e. The summed E-state index contributed by atoms with van der Waals surface area (Å²) in [6, 6.07) is 6.93. The number of methoxy groups -OCH3 is 1. The molecule has 1 heterocycles. The van der Waals surface area contributed by atoms with Crippen molar-refractivity contribution in [1.29, 1.82) is 0 Å². The maximum absolute atomic E-state index is 11.7. The van der Waals surface area contributed by atoms with Crippen molar-refractivity contribution >= 4 is 11.7 Å². The number of carbonyl (C=O) groups excluding carboxylic acids is 1. The van der Waals surface area contributed by atoms with Gasteiger partial charge in [0.2, 0.25) is 0 Å². The van der Waals surface area contributed by atoms with Gasteiger partial charge in [0.15, 0.2) is 0 Å². The Morgan fingerprint density at radius 2 is 2.10 bits per heavy atom. The summed E-state index contributed by atoms with van der Waals surface area (Å²) < 4.78 is 5.09. The SMILES string of the molecule is COc1cccc(NC(=O)NCCc2cncnc2)c1. The van der Waals surface area contributed by atoms with Crippen LogP contribution < -0.4 is 15.4 Å². The van der Waals surface area contributed by atoms with E-state index >= 15 is 0 Å². The fourth-order valence-electron chi connectivity index (χ4n) is 1.66. The summed E-state index contributed by atoms with van der Waals surface area (Å²) in [5.74, 6) is 0.698. The number of nitrogens with one attached hydrogen (secondary N) is 2. The summed E-state index contributed by atoms with van der Waals surface area (Å²) in [4.78, 5) is 19.5. The number of nitrogens with zero attached hydrogens (tertiary/aromatic N) is 2. The van der Waals surface area contributed by atoms with Gasteiger partial charge in [0.05, 0.1) is 7.11 Å². The van der Waals surface area contributed by atoms with E-state index in [2.05, 4.69) is 20.6 Å². The molecule has 0 saturated carbocycles. The number of hydrogen-bond acceptors (Lipinski definition) is 4. The average Bonchev–Trinajstić information content (AvgIpc) is 2.48. The van der Waals surface area contributed by atoms with Gasteiger partial charge in [-0.05, 0) is 24.1 Å². The second-order valence-electron chi connectivity index (χ2n) is 4.11. The molecule has 0 atom stereocenters. The molecule has 1 aromatic carbocycles. The third-order valence-corrected chi connectivity index (χ3v) is 2.64. The van der Waals surface area contributed by atoms with E-state index in [9.17, 15) is 4.79 Å². The molecule has 1 aromatic heterocycles. The lowest BCUT2D eigenvalue weighted by molar-refractivity contribution is 0.252. The molecule has 0 aliphatic rings. The van der Waals surface area contributed by atoms with Crippen LogP contribution in [0.5, 0.6) is 5.75 Å². The fraction of sp³-hybridized carbons (Fsp3) is 0.214. The maximum Gasteiger partial charge on any atom is 0.319 e. The van der Waals surface area contributed by atoms with Gasteiger partial charge in [0, 0.05) is 30.7 Å². The van der Waals surface area contributed by atoms with Crippen LogP contribution in [-0.2, 0) is 6.42 Å². The van der Waals surface area contributed by atoms with Crippen LogP contribution in [-0.4, -0.2) is 29.7 Å². The molecule has 0 spiro atoms. The topological polar surface area (TPSA) is 76.1 Å². The predicted octanol–water partition coefficient (Wildman–Crippen LogP) is 1.85. The zero-order chi connectivity index (χ0) is 14.2. The highest BCUT2D eigenvalue weighted by atomic mass is 16.5. The molecule has 2 rings (SSSR count). The number of urea groups is 1. The van der Waals surface area contributed by atoms with Crippen LogP contribution >= 0.6 is 0 Å². The van der Waals surface area contributed by atoms with Crippen LogP contribution in [0.2, 0.25) is 0 Å². The van der Waals surface area contributed by atoms with Gasteiger partial charge in [-0.1, -0.05) is 6.07 Å². The second kappa shape index (κ2) is 7.08. The van der Waals surface area contributed by atoms with Gasteiger partial charge >= 0.3 is 6.03 Å². The van der Waals surface area contributed by atoms with Gasteiger partial charge in [-0.2, -0.15) is 0 Å². The molecule has 6 heteroatoms. The van der Waals surface area contributed by atoms with Gasteiger partial charge in [-0.3, -0.25) is 0 Å². The maximum atomic E-state index is 11.7. The normalized spacial score (nSPS) is 9.85. The van der Waals surface area contributed by atoms with Crippen molar-refractivity contribution in [2.45, 2.75) is 6.42 Å². The highest BCUT2D eigenvalue weighted by molar-refractivity contribution is 5.89. The molecule has 0 unspecified atom stereocenters. The number of hydrogen-bond donors (Lipinski definition) is 2. The fourth-order valence-corrected chi connectivity index (χ4v) is 1.66. The Hall–Kier alpha value is -2.63. The largest absolute Gasteiger partial charge is 0.497 e. The van der Waals surface area contributed by atoms with Crippen molar-refractivity contribution in [1.82, 2.24) is 15.3 Å². The molecule has 0 aliphatic heterocycles. The standard InChI is InChI=1S/C14H16N4O2/c1-20-13-4-2-3-12(7-13)18-14(19)17-6-5-11-8-15-10-16-9-11/h2-4,7-10H,5-6H2,1H3,(H2,17,18,19). The molecule has 6 nitrogen and oxygen atoms in total. The van der Waals surface area contributed by atoms with Crippen molar-refractivity contribution in [3.05, 3.63) is 48.5 Å². The lowest BCUT2D eigenvalue weighted by atomic mass is 10.2. The third-order valence-electron chi connectivity index (χ3n) is 2.64. The molecule has 0 fully saturated rings. The van der Waals surface area contributed by atoms with Crippen molar-refractivity contribution < 1.29 is 9.53 Å². The summed E-state index contributed by atoms with van der Waals surface area (Å²) in [7, 11) is 1.58. The Labute approximate surface area is 117 Å². The van der Waals surface area contributed by atoms with E-state index in [1.165, 1.54) is 6.33 Å². The van der Waals surface area contributed by atoms with Crippen LogP contribution in [0.3, 0.4) is 0 Å². The van der Waals surface area contributed by atoms with E-state index < -0.39 is 0 Å². The first-order valence-corrected chi connectivity index (χ1v) is 6.21. The number of ether oxygens (including phenoxy) is 1. The van der Waals surface area contributed by atoms with E-state index in [4.69, 9.17) is 4.74 Å². The van der Waals surface area contributed by atoms with E-state index in [1.807, 2.05) is 12.1 Å². The minimum atomic E-state index is -0.255. The first-order chi connectivity index (χ1) is 9.78. The van der Waals surface area contributed by atoms with Crippen LogP contribution in [0, 0.1) is 0 Å². The molecule has 20 heavy (non-hydrogen) atoms. The highest BCUT2D eigenvalue weighted by Crippen LogP contribution is 2.16. The Morgan fingerprint density at radius 1 is 1.30 bits per heavy atom. The van der Waals surface area contributed by atoms with Crippen molar-refractivity contribution in [3.63, 3.8) is 0 Å². The number of anilines is 1. The second-order valence-corrected chi connectivity index (χ2v) is 4.11. The first-order valence-electron chi connectivity index (χ1n) is 6.21. The molecular formula is C14H16N4O2. The molecule has 2 amide bonds. The van der Waals surface area contributed by atoms with Gasteiger partial charge < -0.3 is 15.4 Å². The van der Waals surface area contributed by atoms with E-state index in [0.717, 1.165) is 5.56 Å². The molecule has 104 valence electrons. The summed E-state index contributed by atoms with van der Waals surface area (Å²) >= 11 is 0. The van der Waals surface area contributed by atoms with Gasteiger partial charge in [0.1, 0.15) is 12.1 Å². The summed E-state index contributed by atoms with van der Waals surface area (Å²) in [6.07, 6.45) is 5.63. The quantitative estimate of drug-likeness (QED) is 0.871. The minimum absolute atomic E-state index is 0.255. The zero-order valence-electron chi connectivity index (χ0n) is 11.2. The molecular weight excluding hydrogens is 256 g/mol. The lowest BCUT2D eigenvalue weighted by Gasteiger charge is -2.08. The monoisotopic (exact) mass is 272 g/mol. The lowest BCUT2D eigenvalue weighted by Crippen LogP contribution is -2.30. The van der Waals surface area contributed by atoms with Crippen molar-refractivity contribution in [2.24, 2.45) is 0 Å². The third kappa shape index (κ3) is 4.24. The van der Waals surface area contributed by atoms with Crippen LogP contribution in [0.25, 0.3) is 0 Å². The molecule has 2 aromatic rings. The zero-order valence-corrected chi connectivity index (χ0v) is 11.2. The van der Waals surface area contributed by atoms with Crippen LogP contribution in [0.4, 0.5) is 10.5 Å². The number of aromatic nitrogens is 2. The predicted molar refractivity (Wildman–Crippen MR) is 75.8 cm³/mol.